The van der Waals surface area contributed by atoms with E-state index in [4.69, 9.17) is 9.47 Å². The molecule has 2 aromatic rings. The smallest absolute Gasteiger partial charge is 0.231 e. The Bertz CT molecular complexity index is 612. The van der Waals surface area contributed by atoms with Gasteiger partial charge in [0.2, 0.25) is 12.6 Å². The summed E-state index contributed by atoms with van der Waals surface area (Å²) in [7, 11) is 0. The molecule has 112 valence electrons. The van der Waals surface area contributed by atoms with E-state index in [0.717, 1.165) is 11.6 Å². The van der Waals surface area contributed by atoms with E-state index in [2.05, 4.69) is 0 Å². The molecule has 0 aliphatic rings. The summed E-state index contributed by atoms with van der Waals surface area (Å²) in [5.41, 5.74) is 1.79. The Hall–Kier alpha value is -2.17. The number of hydrogen-bond donors (Lipinski definition) is 0. The van der Waals surface area contributed by atoms with E-state index < -0.39 is 24.2 Å². The van der Waals surface area contributed by atoms with Crippen LogP contribution in [0.5, 0.6) is 11.5 Å². The third-order valence-electron chi connectivity index (χ3n) is 2.93. The summed E-state index contributed by atoms with van der Waals surface area (Å²) >= 11 is 0. The third kappa shape index (κ3) is 3.48. The van der Waals surface area contributed by atoms with Crippen LogP contribution in [-0.2, 0) is 0 Å². The zero-order valence-electron chi connectivity index (χ0n) is 12.0. The maximum atomic E-state index is 13.8. The lowest BCUT2D eigenvalue weighted by atomic mass is 10.1. The molecule has 0 aliphatic heterocycles. The van der Waals surface area contributed by atoms with Crippen LogP contribution in [0.3, 0.4) is 0 Å². The number of ether oxygens (including phenoxy) is 2. The van der Waals surface area contributed by atoms with Gasteiger partial charge in [-0.3, -0.25) is 0 Å². The van der Waals surface area contributed by atoms with Crippen molar-refractivity contribution < 1.29 is 22.6 Å². The summed E-state index contributed by atoms with van der Waals surface area (Å²) in [4.78, 5) is 0. The highest BCUT2D eigenvalue weighted by atomic mass is 19.2. The summed E-state index contributed by atoms with van der Waals surface area (Å²) in [5, 5.41) is 0. The minimum absolute atomic E-state index is 0.0148. The molecule has 0 radical (unpaired) electrons. The summed E-state index contributed by atoms with van der Waals surface area (Å²) in [5.74, 6) is -2.84. The van der Waals surface area contributed by atoms with Crippen LogP contribution in [0.25, 0.3) is 0 Å². The van der Waals surface area contributed by atoms with Crippen LogP contribution < -0.4 is 9.47 Å². The van der Waals surface area contributed by atoms with E-state index in [1.807, 2.05) is 0 Å². The SMILES string of the molecule is Cc1cc(C)c(F)c(OCOc2cc(C)cc(F)c2F)c1. The van der Waals surface area contributed by atoms with Gasteiger partial charge < -0.3 is 9.47 Å². The van der Waals surface area contributed by atoms with Crippen molar-refractivity contribution in [3.05, 3.63) is 58.4 Å². The highest BCUT2D eigenvalue weighted by Gasteiger charge is 2.12. The van der Waals surface area contributed by atoms with Gasteiger partial charge in [0.25, 0.3) is 0 Å². The van der Waals surface area contributed by atoms with Gasteiger partial charge in [0.05, 0.1) is 0 Å². The van der Waals surface area contributed by atoms with E-state index in [1.165, 1.54) is 12.1 Å². The van der Waals surface area contributed by atoms with Crippen molar-refractivity contribution in [1.82, 2.24) is 0 Å². The van der Waals surface area contributed by atoms with Gasteiger partial charge >= 0.3 is 0 Å². The first-order valence-electron chi connectivity index (χ1n) is 6.36. The summed E-state index contributed by atoms with van der Waals surface area (Å²) in [6.45, 7) is 4.61. The lowest BCUT2D eigenvalue weighted by Crippen LogP contribution is -2.09. The molecule has 0 N–H and O–H groups in total. The second-order valence-electron chi connectivity index (χ2n) is 4.86. The van der Waals surface area contributed by atoms with E-state index in [9.17, 15) is 13.2 Å². The number of halogens is 3. The first-order chi connectivity index (χ1) is 9.88. The summed E-state index contributed by atoms with van der Waals surface area (Å²) in [6.07, 6.45) is 0. The Morgan fingerprint density at radius 3 is 1.90 bits per heavy atom. The van der Waals surface area contributed by atoms with Crippen LogP contribution in [0, 0.1) is 38.2 Å². The van der Waals surface area contributed by atoms with Crippen molar-refractivity contribution in [1.29, 1.82) is 0 Å². The minimum atomic E-state index is -1.09. The first-order valence-corrected chi connectivity index (χ1v) is 6.36. The Kier molecular flexibility index (Phi) is 4.40. The topological polar surface area (TPSA) is 18.5 Å². The van der Waals surface area contributed by atoms with Crippen LogP contribution in [0.4, 0.5) is 13.2 Å². The predicted molar refractivity (Wildman–Crippen MR) is 73.1 cm³/mol. The Balaban J connectivity index is 2.09. The fourth-order valence-electron chi connectivity index (χ4n) is 1.97. The fourth-order valence-corrected chi connectivity index (χ4v) is 1.97. The van der Waals surface area contributed by atoms with Gasteiger partial charge in [0, 0.05) is 0 Å². The fraction of sp³-hybridized carbons (Fsp3) is 0.250. The van der Waals surface area contributed by atoms with Gasteiger partial charge in [-0.2, -0.15) is 4.39 Å². The molecule has 2 rings (SSSR count). The van der Waals surface area contributed by atoms with Crippen LogP contribution in [-0.4, -0.2) is 6.79 Å². The monoisotopic (exact) mass is 296 g/mol. The molecular formula is C16H15F3O2. The van der Waals surface area contributed by atoms with Crippen molar-refractivity contribution in [3.8, 4) is 11.5 Å². The molecule has 0 heterocycles. The zero-order chi connectivity index (χ0) is 15.6. The molecule has 0 aromatic heterocycles. The highest BCUT2D eigenvalue weighted by Crippen LogP contribution is 2.24. The van der Waals surface area contributed by atoms with Gasteiger partial charge in [-0.15, -0.1) is 0 Å². The highest BCUT2D eigenvalue weighted by molar-refractivity contribution is 5.35. The van der Waals surface area contributed by atoms with E-state index in [1.54, 1.807) is 26.8 Å². The molecule has 0 saturated heterocycles. The molecule has 0 spiro atoms. The molecule has 0 unspecified atom stereocenters. The van der Waals surface area contributed by atoms with Crippen molar-refractivity contribution >= 4 is 0 Å². The van der Waals surface area contributed by atoms with E-state index >= 15 is 0 Å². The zero-order valence-corrected chi connectivity index (χ0v) is 12.0. The Morgan fingerprint density at radius 2 is 1.29 bits per heavy atom. The standard InChI is InChI=1S/C16H15F3O2/c1-9-4-11(3)15(18)13(6-9)20-8-21-14-7-10(2)5-12(17)16(14)19/h4-7H,8H2,1-3H3. The maximum absolute atomic E-state index is 13.8. The number of rotatable bonds is 4. The second-order valence-corrected chi connectivity index (χ2v) is 4.86. The molecular weight excluding hydrogens is 281 g/mol. The largest absolute Gasteiger partial charge is 0.454 e. The summed E-state index contributed by atoms with van der Waals surface area (Å²) < 4.78 is 50.7. The van der Waals surface area contributed by atoms with Crippen LogP contribution in [0.2, 0.25) is 0 Å². The minimum Gasteiger partial charge on any atom is -0.454 e. The van der Waals surface area contributed by atoms with Gasteiger partial charge in [-0.05, 0) is 55.7 Å². The molecule has 0 amide bonds. The third-order valence-corrected chi connectivity index (χ3v) is 2.93. The number of benzene rings is 2. The Labute approximate surface area is 121 Å². The molecule has 2 nitrogen and oxygen atoms in total. The molecule has 0 saturated carbocycles. The van der Waals surface area contributed by atoms with Gasteiger partial charge in [-0.1, -0.05) is 6.07 Å². The molecule has 0 aliphatic carbocycles. The second kappa shape index (κ2) is 6.08. The summed E-state index contributed by atoms with van der Waals surface area (Å²) in [6, 6.07) is 5.60. The molecule has 0 atom stereocenters. The molecule has 21 heavy (non-hydrogen) atoms. The molecule has 2 aromatic carbocycles. The van der Waals surface area contributed by atoms with Crippen molar-refractivity contribution in [2.45, 2.75) is 20.8 Å². The first kappa shape index (κ1) is 15.2. The average Bonchev–Trinajstić information content (AvgIpc) is 2.40. The van der Waals surface area contributed by atoms with Crippen molar-refractivity contribution in [2.75, 3.05) is 6.79 Å². The Morgan fingerprint density at radius 1 is 0.762 bits per heavy atom. The number of hydrogen-bond acceptors (Lipinski definition) is 2. The van der Waals surface area contributed by atoms with Crippen molar-refractivity contribution in [2.24, 2.45) is 0 Å². The van der Waals surface area contributed by atoms with E-state index in [0.29, 0.717) is 11.1 Å². The lowest BCUT2D eigenvalue weighted by Gasteiger charge is -2.12. The van der Waals surface area contributed by atoms with Gasteiger partial charge in [-0.25, -0.2) is 8.78 Å². The van der Waals surface area contributed by atoms with E-state index in [-0.39, 0.29) is 11.5 Å². The van der Waals surface area contributed by atoms with Crippen LogP contribution in [0.1, 0.15) is 16.7 Å². The molecule has 0 fully saturated rings. The quantitative estimate of drug-likeness (QED) is 0.776. The van der Waals surface area contributed by atoms with Crippen molar-refractivity contribution in [3.63, 3.8) is 0 Å². The van der Waals surface area contributed by atoms with Gasteiger partial charge in [0.1, 0.15) is 0 Å². The van der Waals surface area contributed by atoms with Crippen LogP contribution in [0.15, 0.2) is 24.3 Å². The normalized spacial score (nSPS) is 10.6. The number of aryl methyl sites for hydroxylation is 3. The maximum Gasteiger partial charge on any atom is 0.231 e. The molecule has 5 heteroatoms. The molecule has 0 bridgehead atoms. The lowest BCUT2D eigenvalue weighted by molar-refractivity contribution is 0.110. The predicted octanol–water partition coefficient (Wildman–Crippen LogP) is 4.44. The van der Waals surface area contributed by atoms with Crippen LogP contribution >= 0.6 is 0 Å². The average molecular weight is 296 g/mol. The van der Waals surface area contributed by atoms with Gasteiger partial charge in [0.15, 0.2) is 23.1 Å².